The van der Waals surface area contributed by atoms with Crippen LogP contribution >= 0.6 is 0 Å². The smallest absolute Gasteiger partial charge is 0.131 e. The third kappa shape index (κ3) is 4.26. The highest BCUT2D eigenvalue weighted by molar-refractivity contribution is 5.21. The molecule has 108 valence electrons. The van der Waals surface area contributed by atoms with Gasteiger partial charge in [0.15, 0.2) is 0 Å². The van der Waals surface area contributed by atoms with Gasteiger partial charge in [-0.2, -0.15) is 5.26 Å². The quantitative estimate of drug-likeness (QED) is 0.835. The van der Waals surface area contributed by atoms with E-state index in [0.717, 1.165) is 18.7 Å². The maximum absolute atomic E-state index is 13.6. The minimum atomic E-state index is -1.01. The Morgan fingerprint density at radius 3 is 2.75 bits per heavy atom. The predicted molar refractivity (Wildman–Crippen MR) is 70.7 cm³/mol. The van der Waals surface area contributed by atoms with Gasteiger partial charge < -0.3 is 5.11 Å². The monoisotopic (exact) mass is 280 g/mol. The Balaban J connectivity index is 1.98. The molecule has 3 nitrogen and oxygen atoms in total. The first-order valence-corrected chi connectivity index (χ1v) is 6.82. The number of nitriles is 1. The van der Waals surface area contributed by atoms with Gasteiger partial charge in [0, 0.05) is 37.7 Å². The summed E-state index contributed by atoms with van der Waals surface area (Å²) in [5.74, 6) is -0.763. The maximum Gasteiger partial charge on any atom is 0.131 e. The minimum Gasteiger partial charge on any atom is -0.387 e. The summed E-state index contributed by atoms with van der Waals surface area (Å²) in [6.07, 6.45) is 1.72. The molecule has 20 heavy (non-hydrogen) atoms. The molecule has 1 atom stereocenters. The highest BCUT2D eigenvalue weighted by Crippen LogP contribution is 2.30. The molecule has 1 aromatic carbocycles. The zero-order valence-electron chi connectivity index (χ0n) is 11.2. The Bertz CT molecular complexity index is 497. The van der Waals surface area contributed by atoms with Crippen molar-refractivity contribution in [1.29, 1.82) is 5.26 Å². The second-order valence-corrected chi connectivity index (χ2v) is 5.29. The lowest BCUT2D eigenvalue weighted by Gasteiger charge is -2.24. The van der Waals surface area contributed by atoms with E-state index in [-0.39, 0.29) is 12.1 Å². The molecule has 1 N–H and O–H groups in total. The van der Waals surface area contributed by atoms with Crippen molar-refractivity contribution in [2.45, 2.75) is 25.4 Å². The van der Waals surface area contributed by atoms with Crippen LogP contribution in [0, 0.1) is 28.9 Å². The van der Waals surface area contributed by atoms with Gasteiger partial charge in [-0.1, -0.05) is 6.07 Å². The van der Waals surface area contributed by atoms with Crippen LogP contribution in [0.25, 0.3) is 0 Å². The van der Waals surface area contributed by atoms with Crippen molar-refractivity contribution in [3.05, 3.63) is 35.4 Å². The van der Waals surface area contributed by atoms with Crippen molar-refractivity contribution >= 4 is 0 Å². The van der Waals surface area contributed by atoms with Gasteiger partial charge in [-0.3, -0.25) is 4.90 Å². The maximum atomic E-state index is 13.6. The van der Waals surface area contributed by atoms with E-state index in [2.05, 4.69) is 6.07 Å². The summed E-state index contributed by atoms with van der Waals surface area (Å²) in [5.41, 5.74) is 0.101. The lowest BCUT2D eigenvalue weighted by molar-refractivity contribution is 0.108. The van der Waals surface area contributed by atoms with Crippen LogP contribution in [-0.2, 0) is 0 Å². The zero-order valence-corrected chi connectivity index (χ0v) is 11.2. The molecule has 0 saturated heterocycles. The summed E-state index contributed by atoms with van der Waals surface area (Å²) in [4.78, 5) is 1.98. The average Bonchev–Trinajstić information content (AvgIpc) is 3.19. The fourth-order valence-corrected chi connectivity index (χ4v) is 2.25. The molecule has 1 fully saturated rings. The van der Waals surface area contributed by atoms with Gasteiger partial charge >= 0.3 is 0 Å². The van der Waals surface area contributed by atoms with E-state index in [9.17, 15) is 13.9 Å². The molecular formula is C15H18F2N2O. The highest BCUT2D eigenvalue weighted by Gasteiger charge is 2.26. The van der Waals surface area contributed by atoms with Crippen molar-refractivity contribution in [2.24, 2.45) is 5.92 Å². The van der Waals surface area contributed by atoms with E-state index in [1.54, 1.807) is 0 Å². The van der Waals surface area contributed by atoms with Crippen LogP contribution in [0.2, 0.25) is 0 Å². The molecule has 0 aliphatic heterocycles. The van der Waals surface area contributed by atoms with Gasteiger partial charge in [0.25, 0.3) is 0 Å². The standard InChI is InChI=1S/C15H18F2N2O/c16-12-4-5-13(14(17)8-12)15(20)10-19(7-1-6-18)9-11-2-3-11/h4-5,8,11,15,20H,1-3,7,9-10H2. The third-order valence-corrected chi connectivity index (χ3v) is 3.51. The lowest BCUT2D eigenvalue weighted by atomic mass is 10.1. The largest absolute Gasteiger partial charge is 0.387 e. The molecule has 1 unspecified atom stereocenters. The number of hydrogen-bond acceptors (Lipinski definition) is 3. The summed E-state index contributed by atoms with van der Waals surface area (Å²) in [5, 5.41) is 18.8. The summed E-state index contributed by atoms with van der Waals surface area (Å²) < 4.78 is 26.5. The fourth-order valence-electron chi connectivity index (χ4n) is 2.25. The number of benzene rings is 1. The molecule has 1 aliphatic carbocycles. The number of hydrogen-bond donors (Lipinski definition) is 1. The van der Waals surface area contributed by atoms with E-state index >= 15 is 0 Å². The topological polar surface area (TPSA) is 47.3 Å². The summed E-state index contributed by atoms with van der Waals surface area (Å²) in [7, 11) is 0. The molecule has 1 saturated carbocycles. The van der Waals surface area contributed by atoms with Crippen LogP contribution in [0.5, 0.6) is 0 Å². The number of aliphatic hydroxyl groups is 1. The molecular weight excluding hydrogens is 262 g/mol. The molecule has 0 radical (unpaired) electrons. The predicted octanol–water partition coefficient (Wildman–Crippen LogP) is 2.62. The van der Waals surface area contributed by atoms with E-state index in [1.807, 2.05) is 4.90 Å². The van der Waals surface area contributed by atoms with Gasteiger partial charge in [0.1, 0.15) is 11.6 Å². The molecule has 0 bridgehead atoms. The summed E-state index contributed by atoms with van der Waals surface area (Å²) in [6, 6.07) is 5.27. The Hall–Kier alpha value is -1.51. The van der Waals surface area contributed by atoms with Crippen LogP contribution in [-0.4, -0.2) is 29.6 Å². The van der Waals surface area contributed by atoms with Crippen molar-refractivity contribution in [2.75, 3.05) is 19.6 Å². The van der Waals surface area contributed by atoms with Crippen molar-refractivity contribution in [3.8, 4) is 6.07 Å². The van der Waals surface area contributed by atoms with Crippen LogP contribution in [0.1, 0.15) is 30.9 Å². The molecule has 1 aromatic rings. The van der Waals surface area contributed by atoms with Crippen molar-refractivity contribution < 1.29 is 13.9 Å². The van der Waals surface area contributed by atoms with Crippen LogP contribution in [0.3, 0.4) is 0 Å². The first-order valence-electron chi connectivity index (χ1n) is 6.82. The molecule has 0 aromatic heterocycles. The SMILES string of the molecule is N#CCCN(CC1CC1)CC(O)c1ccc(F)cc1F. The second kappa shape index (κ2) is 6.78. The number of halogens is 2. The van der Waals surface area contributed by atoms with Crippen LogP contribution in [0.4, 0.5) is 8.78 Å². The molecule has 2 rings (SSSR count). The summed E-state index contributed by atoms with van der Waals surface area (Å²) in [6.45, 7) is 1.65. The van der Waals surface area contributed by atoms with E-state index in [0.29, 0.717) is 18.9 Å². The van der Waals surface area contributed by atoms with Crippen LogP contribution in [0.15, 0.2) is 18.2 Å². The van der Waals surface area contributed by atoms with Gasteiger partial charge in [0.05, 0.1) is 12.2 Å². The average molecular weight is 280 g/mol. The Labute approximate surface area is 117 Å². The Kier molecular flexibility index (Phi) is 5.05. The lowest BCUT2D eigenvalue weighted by Crippen LogP contribution is -2.31. The van der Waals surface area contributed by atoms with Gasteiger partial charge in [-0.05, 0) is 24.8 Å². The number of aliphatic hydroxyl groups excluding tert-OH is 1. The van der Waals surface area contributed by atoms with Gasteiger partial charge in [0.2, 0.25) is 0 Å². The molecule has 5 heteroatoms. The summed E-state index contributed by atoms with van der Waals surface area (Å²) >= 11 is 0. The first kappa shape index (κ1) is 14.9. The molecule has 0 heterocycles. The molecule has 0 spiro atoms. The third-order valence-electron chi connectivity index (χ3n) is 3.51. The minimum absolute atomic E-state index is 0.101. The fraction of sp³-hybridized carbons (Fsp3) is 0.533. The molecule has 1 aliphatic rings. The number of rotatable bonds is 7. The second-order valence-electron chi connectivity index (χ2n) is 5.29. The normalized spacial score (nSPS) is 16.1. The zero-order chi connectivity index (χ0) is 14.5. The highest BCUT2D eigenvalue weighted by atomic mass is 19.1. The van der Waals surface area contributed by atoms with E-state index < -0.39 is 17.7 Å². The van der Waals surface area contributed by atoms with Gasteiger partial charge in [-0.15, -0.1) is 0 Å². The Morgan fingerprint density at radius 2 is 2.15 bits per heavy atom. The van der Waals surface area contributed by atoms with Crippen molar-refractivity contribution in [1.82, 2.24) is 4.90 Å². The Morgan fingerprint density at radius 1 is 1.40 bits per heavy atom. The van der Waals surface area contributed by atoms with E-state index in [4.69, 9.17) is 5.26 Å². The first-order chi connectivity index (χ1) is 9.60. The number of nitrogens with zero attached hydrogens (tertiary/aromatic N) is 2. The van der Waals surface area contributed by atoms with Gasteiger partial charge in [-0.25, -0.2) is 8.78 Å². The van der Waals surface area contributed by atoms with Crippen LogP contribution < -0.4 is 0 Å². The van der Waals surface area contributed by atoms with Crippen molar-refractivity contribution in [3.63, 3.8) is 0 Å². The molecule has 0 amide bonds. The van der Waals surface area contributed by atoms with E-state index in [1.165, 1.54) is 18.9 Å².